The minimum atomic E-state index is 0.180. The molecule has 0 amide bonds. The molecular formula is C16H23ClN2. The highest BCUT2D eigenvalue weighted by atomic mass is 35.5. The van der Waals surface area contributed by atoms with Crippen molar-refractivity contribution in [3.8, 4) is 0 Å². The van der Waals surface area contributed by atoms with Gasteiger partial charge in [-0.25, -0.2) is 0 Å². The van der Waals surface area contributed by atoms with Crippen LogP contribution in [-0.2, 0) is 6.42 Å². The van der Waals surface area contributed by atoms with Crippen LogP contribution in [0.1, 0.15) is 31.7 Å². The second-order valence-electron chi connectivity index (χ2n) is 6.29. The number of nitrogens with zero attached hydrogens (tertiary/aromatic N) is 1. The van der Waals surface area contributed by atoms with Gasteiger partial charge in [0.1, 0.15) is 0 Å². The Bertz CT molecular complexity index is 446. The van der Waals surface area contributed by atoms with Crippen molar-refractivity contribution < 1.29 is 0 Å². The first-order valence-electron chi connectivity index (χ1n) is 7.43. The molecule has 0 spiro atoms. The maximum atomic E-state index is 6.47. The van der Waals surface area contributed by atoms with E-state index in [4.69, 9.17) is 17.3 Å². The highest BCUT2D eigenvalue weighted by Crippen LogP contribution is 2.42. The minimum Gasteiger partial charge on any atom is -0.370 e. The van der Waals surface area contributed by atoms with E-state index in [0.29, 0.717) is 0 Å². The molecule has 0 radical (unpaired) electrons. The van der Waals surface area contributed by atoms with E-state index in [2.05, 4.69) is 17.9 Å². The summed E-state index contributed by atoms with van der Waals surface area (Å²) in [5.41, 5.74) is 8.53. The number of para-hydroxylation sites is 1. The number of rotatable bonds is 3. The number of hydrogen-bond donors (Lipinski definition) is 1. The first kappa shape index (κ1) is 13.3. The van der Waals surface area contributed by atoms with Crippen LogP contribution < -0.4 is 10.6 Å². The summed E-state index contributed by atoms with van der Waals surface area (Å²) in [6.45, 7) is 4.42. The molecular weight excluding hydrogens is 256 g/mol. The van der Waals surface area contributed by atoms with E-state index in [0.717, 1.165) is 23.3 Å². The largest absolute Gasteiger partial charge is 0.370 e. The fraction of sp³-hybridized carbons (Fsp3) is 0.625. The van der Waals surface area contributed by atoms with Gasteiger partial charge in [-0.2, -0.15) is 0 Å². The number of hydrogen-bond acceptors (Lipinski definition) is 2. The lowest BCUT2D eigenvalue weighted by Gasteiger charge is -2.25. The predicted molar refractivity (Wildman–Crippen MR) is 81.8 cm³/mol. The van der Waals surface area contributed by atoms with Crippen molar-refractivity contribution in [3.63, 3.8) is 0 Å². The van der Waals surface area contributed by atoms with Gasteiger partial charge in [-0.15, -0.1) is 0 Å². The molecule has 3 unspecified atom stereocenters. The zero-order chi connectivity index (χ0) is 13.4. The highest BCUT2D eigenvalue weighted by molar-refractivity contribution is 6.33. The van der Waals surface area contributed by atoms with Crippen LogP contribution >= 0.6 is 11.6 Å². The summed E-state index contributed by atoms with van der Waals surface area (Å²) in [4.78, 5) is 2.51. The van der Waals surface area contributed by atoms with E-state index in [1.165, 1.54) is 43.6 Å². The summed E-state index contributed by atoms with van der Waals surface area (Å²) in [5.74, 6) is 1.78. The van der Waals surface area contributed by atoms with Gasteiger partial charge >= 0.3 is 0 Å². The fourth-order valence-corrected chi connectivity index (χ4v) is 4.16. The highest BCUT2D eigenvalue weighted by Gasteiger charge is 2.37. The zero-order valence-corrected chi connectivity index (χ0v) is 12.4. The molecule has 0 aromatic heterocycles. The summed E-state index contributed by atoms with van der Waals surface area (Å²) in [6, 6.07) is 6.41. The third kappa shape index (κ3) is 2.61. The Labute approximate surface area is 120 Å². The van der Waals surface area contributed by atoms with Gasteiger partial charge in [0.2, 0.25) is 0 Å². The Morgan fingerprint density at radius 1 is 1.32 bits per heavy atom. The molecule has 1 saturated heterocycles. The van der Waals surface area contributed by atoms with E-state index in [1.807, 2.05) is 12.1 Å². The van der Waals surface area contributed by atoms with Gasteiger partial charge in [0.15, 0.2) is 0 Å². The van der Waals surface area contributed by atoms with Gasteiger partial charge in [0.05, 0.1) is 10.7 Å². The number of benzene rings is 1. The second-order valence-corrected chi connectivity index (χ2v) is 6.69. The monoisotopic (exact) mass is 278 g/mol. The van der Waals surface area contributed by atoms with E-state index < -0.39 is 0 Å². The van der Waals surface area contributed by atoms with Crippen molar-refractivity contribution in [3.05, 3.63) is 28.8 Å². The summed E-state index contributed by atoms with van der Waals surface area (Å²) in [5, 5.41) is 0.887. The van der Waals surface area contributed by atoms with Crippen molar-refractivity contribution >= 4 is 17.3 Å². The molecule has 2 aliphatic rings. The smallest absolute Gasteiger partial charge is 0.0642 e. The van der Waals surface area contributed by atoms with Crippen LogP contribution in [-0.4, -0.2) is 19.1 Å². The van der Waals surface area contributed by atoms with Crippen LogP contribution in [0.5, 0.6) is 0 Å². The van der Waals surface area contributed by atoms with Crippen LogP contribution in [0.15, 0.2) is 18.2 Å². The number of fused-ring (bicyclic) bond motifs is 1. The Balaban J connectivity index is 1.87. The molecule has 2 N–H and O–H groups in total. The first-order valence-corrected chi connectivity index (χ1v) is 7.81. The van der Waals surface area contributed by atoms with Crippen LogP contribution in [0.4, 0.5) is 5.69 Å². The van der Waals surface area contributed by atoms with Crippen LogP contribution in [0.2, 0.25) is 5.02 Å². The molecule has 1 heterocycles. The number of nitrogens with two attached hydrogens (primary N) is 1. The normalized spacial score (nSPS) is 27.6. The molecule has 19 heavy (non-hydrogen) atoms. The van der Waals surface area contributed by atoms with Crippen LogP contribution in [0, 0.1) is 11.8 Å². The maximum Gasteiger partial charge on any atom is 0.0642 e. The fourth-order valence-electron chi connectivity index (χ4n) is 3.84. The first-order chi connectivity index (χ1) is 9.15. The van der Waals surface area contributed by atoms with Gasteiger partial charge in [0, 0.05) is 19.1 Å². The molecule has 2 nitrogen and oxygen atoms in total. The lowest BCUT2D eigenvalue weighted by Crippen LogP contribution is -2.25. The van der Waals surface area contributed by atoms with Crippen molar-refractivity contribution in [2.45, 2.75) is 38.6 Å². The van der Waals surface area contributed by atoms with E-state index in [9.17, 15) is 0 Å². The summed E-state index contributed by atoms with van der Waals surface area (Å²) in [7, 11) is 0. The molecule has 3 rings (SSSR count). The molecule has 104 valence electrons. The van der Waals surface area contributed by atoms with Gasteiger partial charge in [-0.3, -0.25) is 0 Å². The Kier molecular flexibility index (Phi) is 3.72. The van der Waals surface area contributed by atoms with Crippen molar-refractivity contribution in [2.24, 2.45) is 17.6 Å². The van der Waals surface area contributed by atoms with E-state index in [-0.39, 0.29) is 6.04 Å². The van der Waals surface area contributed by atoms with Crippen molar-refractivity contribution in [1.82, 2.24) is 0 Å². The van der Waals surface area contributed by atoms with Gasteiger partial charge in [0.25, 0.3) is 0 Å². The van der Waals surface area contributed by atoms with Gasteiger partial charge in [-0.05, 0) is 49.7 Å². The summed E-state index contributed by atoms with van der Waals surface area (Å²) < 4.78 is 0. The second kappa shape index (κ2) is 5.34. The number of halogens is 1. The Hall–Kier alpha value is -0.730. The third-order valence-electron chi connectivity index (χ3n) is 4.65. The van der Waals surface area contributed by atoms with Crippen LogP contribution in [0.25, 0.3) is 0 Å². The van der Waals surface area contributed by atoms with Gasteiger partial charge in [-0.1, -0.05) is 30.2 Å². The molecule has 1 saturated carbocycles. The Morgan fingerprint density at radius 3 is 2.63 bits per heavy atom. The van der Waals surface area contributed by atoms with Crippen molar-refractivity contribution in [1.29, 1.82) is 0 Å². The van der Waals surface area contributed by atoms with Crippen LogP contribution in [0.3, 0.4) is 0 Å². The topological polar surface area (TPSA) is 29.3 Å². The zero-order valence-electron chi connectivity index (χ0n) is 11.6. The predicted octanol–water partition coefficient (Wildman–Crippen LogP) is 3.47. The minimum absolute atomic E-state index is 0.180. The summed E-state index contributed by atoms with van der Waals surface area (Å²) >= 11 is 6.47. The summed E-state index contributed by atoms with van der Waals surface area (Å²) in [6.07, 6.45) is 5.11. The van der Waals surface area contributed by atoms with E-state index in [1.54, 1.807) is 0 Å². The molecule has 1 aromatic rings. The standard InChI is InChI=1S/C16H23ClN2/c1-11(18)8-12-4-3-7-15(17)16(12)19-9-13-5-2-6-14(13)10-19/h3-4,7,11,13-14H,2,5-6,8-10,18H2,1H3. The maximum absolute atomic E-state index is 6.47. The molecule has 3 atom stereocenters. The van der Waals surface area contributed by atoms with E-state index >= 15 is 0 Å². The quantitative estimate of drug-likeness (QED) is 0.917. The number of anilines is 1. The Morgan fingerprint density at radius 2 is 2.00 bits per heavy atom. The molecule has 1 aliphatic carbocycles. The molecule has 1 aromatic carbocycles. The molecule has 0 bridgehead atoms. The molecule has 2 fully saturated rings. The lowest BCUT2D eigenvalue weighted by molar-refractivity contribution is 0.494. The molecule has 3 heteroatoms. The SMILES string of the molecule is CC(N)Cc1cccc(Cl)c1N1CC2CCCC2C1. The van der Waals surface area contributed by atoms with Crippen molar-refractivity contribution in [2.75, 3.05) is 18.0 Å². The third-order valence-corrected chi connectivity index (χ3v) is 4.96. The lowest BCUT2D eigenvalue weighted by atomic mass is 10.0. The van der Waals surface area contributed by atoms with Gasteiger partial charge < -0.3 is 10.6 Å². The average Bonchev–Trinajstić information content (AvgIpc) is 2.88. The average molecular weight is 279 g/mol. The molecule has 1 aliphatic heterocycles.